The van der Waals surface area contributed by atoms with Crippen molar-refractivity contribution in [2.75, 3.05) is 11.9 Å². The van der Waals surface area contributed by atoms with E-state index in [0.717, 1.165) is 35.8 Å². The minimum Gasteiger partial charge on any atom is -0.335 e. The maximum absolute atomic E-state index is 12.8. The van der Waals surface area contributed by atoms with Crippen LogP contribution in [0.4, 0.5) is 0 Å². The monoisotopic (exact) mass is 323 g/mol. The minimum absolute atomic E-state index is 0.00409. The van der Waals surface area contributed by atoms with E-state index in [9.17, 15) is 4.79 Å². The van der Waals surface area contributed by atoms with Gasteiger partial charge in [0.25, 0.3) is 5.91 Å². The molecule has 0 spiro atoms. The van der Waals surface area contributed by atoms with Crippen molar-refractivity contribution in [3.63, 3.8) is 0 Å². The maximum atomic E-state index is 12.8. The van der Waals surface area contributed by atoms with Crippen molar-refractivity contribution in [1.29, 1.82) is 0 Å². The number of nitrogens with zero attached hydrogens (tertiary/aromatic N) is 1. The second-order valence-electron chi connectivity index (χ2n) is 6.24. The summed E-state index contributed by atoms with van der Waals surface area (Å²) in [5.74, 6) is 0.187. The second-order valence-corrected chi connectivity index (χ2v) is 6.89. The second kappa shape index (κ2) is 5.66. The summed E-state index contributed by atoms with van der Waals surface area (Å²) in [4.78, 5) is 14.8. The molecule has 0 N–H and O–H groups in total. The number of carbonyl (C=O) groups excluding carboxylic acids is 1. The number of likely N-dealkylation sites (tertiary alicyclic amines) is 1. The lowest BCUT2D eigenvalue weighted by atomic mass is 9.83. The minimum atomic E-state index is -0.00409. The molecule has 1 fully saturated rings. The molecule has 0 aromatic heterocycles. The summed E-state index contributed by atoms with van der Waals surface area (Å²) in [5, 5.41) is 0.871. The first-order chi connectivity index (χ1) is 8.95. The maximum Gasteiger partial charge on any atom is 0.254 e. The standard InChI is InChI=1S/C16H22BrNO/c1-16(2,3)14-9-5-4-8-13(14)15(19)18-10-6-7-12(18)11-17/h4-5,8-9,12H,6-7,10-11H2,1-3H3. The van der Waals surface area contributed by atoms with Crippen LogP contribution >= 0.6 is 15.9 Å². The Hall–Kier alpha value is -0.830. The molecule has 1 aliphatic rings. The van der Waals surface area contributed by atoms with Gasteiger partial charge in [-0.25, -0.2) is 0 Å². The van der Waals surface area contributed by atoms with Gasteiger partial charge in [-0.15, -0.1) is 0 Å². The third kappa shape index (κ3) is 3.02. The van der Waals surface area contributed by atoms with Crippen molar-refractivity contribution < 1.29 is 4.79 Å². The van der Waals surface area contributed by atoms with Crippen molar-refractivity contribution in [3.05, 3.63) is 35.4 Å². The molecule has 1 aromatic carbocycles. The lowest BCUT2D eigenvalue weighted by Gasteiger charge is -2.27. The van der Waals surface area contributed by atoms with Gasteiger partial charge in [-0.1, -0.05) is 54.9 Å². The van der Waals surface area contributed by atoms with E-state index in [0.29, 0.717) is 6.04 Å². The highest BCUT2D eigenvalue weighted by Crippen LogP contribution is 2.29. The lowest BCUT2D eigenvalue weighted by molar-refractivity contribution is 0.0748. The van der Waals surface area contributed by atoms with Gasteiger partial charge in [-0.05, 0) is 29.9 Å². The molecule has 1 amide bonds. The normalized spacial score (nSPS) is 19.8. The third-order valence-electron chi connectivity index (χ3n) is 3.78. The summed E-state index contributed by atoms with van der Waals surface area (Å²) < 4.78 is 0. The van der Waals surface area contributed by atoms with Gasteiger partial charge < -0.3 is 4.90 Å². The van der Waals surface area contributed by atoms with E-state index >= 15 is 0 Å². The van der Waals surface area contributed by atoms with Gasteiger partial charge in [0.1, 0.15) is 0 Å². The predicted molar refractivity (Wildman–Crippen MR) is 83.0 cm³/mol. The number of alkyl halides is 1. The van der Waals surface area contributed by atoms with Crippen LogP contribution in [0.25, 0.3) is 0 Å². The van der Waals surface area contributed by atoms with Crippen molar-refractivity contribution in [2.45, 2.75) is 45.1 Å². The molecule has 1 aliphatic heterocycles. The molecule has 1 heterocycles. The molecule has 1 aromatic rings. The van der Waals surface area contributed by atoms with Gasteiger partial charge in [0.15, 0.2) is 0 Å². The van der Waals surface area contributed by atoms with E-state index in [2.05, 4.69) is 42.8 Å². The van der Waals surface area contributed by atoms with Crippen LogP contribution in [0.15, 0.2) is 24.3 Å². The van der Waals surface area contributed by atoms with Crippen LogP contribution in [0.2, 0.25) is 0 Å². The SMILES string of the molecule is CC(C)(C)c1ccccc1C(=O)N1CCCC1CBr. The van der Waals surface area contributed by atoms with E-state index in [1.807, 2.05) is 23.1 Å². The fourth-order valence-electron chi connectivity index (χ4n) is 2.74. The van der Waals surface area contributed by atoms with Gasteiger partial charge in [-0.2, -0.15) is 0 Å². The van der Waals surface area contributed by atoms with E-state index in [1.165, 1.54) is 0 Å². The summed E-state index contributed by atoms with van der Waals surface area (Å²) in [7, 11) is 0. The van der Waals surface area contributed by atoms with Crippen LogP contribution < -0.4 is 0 Å². The number of benzene rings is 1. The summed E-state index contributed by atoms with van der Waals surface area (Å²) in [6, 6.07) is 8.37. The quantitative estimate of drug-likeness (QED) is 0.754. The number of carbonyl (C=O) groups is 1. The molecule has 1 unspecified atom stereocenters. The fourth-order valence-corrected chi connectivity index (χ4v) is 3.42. The zero-order valence-electron chi connectivity index (χ0n) is 11.9. The van der Waals surface area contributed by atoms with Crippen LogP contribution in [-0.2, 0) is 5.41 Å². The number of hydrogen-bond donors (Lipinski definition) is 0. The Balaban J connectivity index is 2.34. The number of halogens is 1. The van der Waals surface area contributed by atoms with E-state index in [1.54, 1.807) is 0 Å². The highest BCUT2D eigenvalue weighted by molar-refractivity contribution is 9.09. The van der Waals surface area contributed by atoms with Gasteiger partial charge in [0.2, 0.25) is 0 Å². The Morgan fingerprint density at radius 2 is 2.05 bits per heavy atom. The number of amides is 1. The van der Waals surface area contributed by atoms with Crippen LogP contribution in [0, 0.1) is 0 Å². The molecule has 19 heavy (non-hydrogen) atoms. The predicted octanol–water partition coefficient (Wildman–Crippen LogP) is 3.98. The van der Waals surface area contributed by atoms with Crippen molar-refractivity contribution in [2.24, 2.45) is 0 Å². The molecule has 1 atom stereocenters. The Kier molecular flexibility index (Phi) is 4.34. The Bertz CT molecular complexity index is 464. The van der Waals surface area contributed by atoms with Gasteiger partial charge >= 0.3 is 0 Å². The Morgan fingerprint density at radius 3 is 2.68 bits per heavy atom. The van der Waals surface area contributed by atoms with Crippen LogP contribution in [0.3, 0.4) is 0 Å². The van der Waals surface area contributed by atoms with Gasteiger partial charge in [0, 0.05) is 23.5 Å². The van der Waals surface area contributed by atoms with Crippen molar-refractivity contribution in [3.8, 4) is 0 Å². The number of rotatable bonds is 2. The molecule has 0 radical (unpaired) electrons. The summed E-state index contributed by atoms with van der Waals surface area (Å²) in [5.41, 5.74) is 2.00. The number of hydrogen-bond acceptors (Lipinski definition) is 1. The van der Waals surface area contributed by atoms with Gasteiger partial charge in [0.05, 0.1) is 0 Å². The highest BCUT2D eigenvalue weighted by Gasteiger charge is 2.31. The van der Waals surface area contributed by atoms with Crippen molar-refractivity contribution in [1.82, 2.24) is 4.90 Å². The summed E-state index contributed by atoms with van der Waals surface area (Å²) in [6.07, 6.45) is 2.22. The van der Waals surface area contributed by atoms with E-state index in [-0.39, 0.29) is 11.3 Å². The molecule has 104 valence electrons. The first-order valence-electron chi connectivity index (χ1n) is 6.91. The zero-order chi connectivity index (χ0) is 14.0. The van der Waals surface area contributed by atoms with E-state index < -0.39 is 0 Å². The Labute approximate surface area is 124 Å². The van der Waals surface area contributed by atoms with Crippen LogP contribution in [0.1, 0.15) is 49.5 Å². The molecule has 0 aliphatic carbocycles. The first-order valence-corrected chi connectivity index (χ1v) is 8.03. The average Bonchev–Trinajstić information content (AvgIpc) is 2.85. The highest BCUT2D eigenvalue weighted by atomic mass is 79.9. The molecule has 0 bridgehead atoms. The molecule has 3 heteroatoms. The molecule has 0 saturated carbocycles. The third-order valence-corrected chi connectivity index (χ3v) is 4.53. The van der Waals surface area contributed by atoms with Crippen LogP contribution in [0.5, 0.6) is 0 Å². The topological polar surface area (TPSA) is 20.3 Å². The molecule has 1 saturated heterocycles. The molecular formula is C16H22BrNO. The van der Waals surface area contributed by atoms with E-state index in [4.69, 9.17) is 0 Å². The molecule has 2 rings (SSSR count). The fraction of sp³-hybridized carbons (Fsp3) is 0.562. The van der Waals surface area contributed by atoms with Gasteiger partial charge in [-0.3, -0.25) is 4.79 Å². The summed E-state index contributed by atoms with van der Waals surface area (Å²) in [6.45, 7) is 7.36. The van der Waals surface area contributed by atoms with Crippen LogP contribution in [-0.4, -0.2) is 28.7 Å². The zero-order valence-corrected chi connectivity index (χ0v) is 13.5. The largest absolute Gasteiger partial charge is 0.335 e. The smallest absolute Gasteiger partial charge is 0.254 e. The molecule has 2 nitrogen and oxygen atoms in total. The summed E-state index contributed by atoms with van der Waals surface area (Å²) >= 11 is 3.52. The Morgan fingerprint density at radius 1 is 1.37 bits per heavy atom. The molecular weight excluding hydrogens is 302 g/mol. The lowest BCUT2D eigenvalue weighted by Crippen LogP contribution is -2.37. The first kappa shape index (κ1) is 14.6. The average molecular weight is 324 g/mol. The van der Waals surface area contributed by atoms with Crippen molar-refractivity contribution >= 4 is 21.8 Å².